The first-order valence-electron chi connectivity index (χ1n) is 9.59. The summed E-state index contributed by atoms with van der Waals surface area (Å²) in [5.41, 5.74) is 7.57. The molecule has 0 aliphatic carbocycles. The number of aromatic nitrogens is 4. The zero-order chi connectivity index (χ0) is 22.4. The summed E-state index contributed by atoms with van der Waals surface area (Å²) in [6, 6.07) is 8.37. The minimum atomic E-state index is -0.898. The molecule has 0 unspecified atom stereocenters. The Morgan fingerprint density at radius 2 is 1.81 bits per heavy atom. The number of halogens is 2. The van der Waals surface area contributed by atoms with Gasteiger partial charge in [-0.1, -0.05) is 6.07 Å². The SMILES string of the molecule is CCn1c(=O)n(-c2ccc(C)c(C)c2)c2nc(-c3ccc(F)cc3F)nc(C(N)=O)c21. The van der Waals surface area contributed by atoms with Gasteiger partial charge < -0.3 is 5.73 Å². The van der Waals surface area contributed by atoms with Crippen LogP contribution in [0.25, 0.3) is 28.2 Å². The van der Waals surface area contributed by atoms with Gasteiger partial charge in [-0.3, -0.25) is 9.36 Å². The normalized spacial score (nSPS) is 11.3. The summed E-state index contributed by atoms with van der Waals surface area (Å²) in [7, 11) is 0. The molecule has 4 aromatic rings. The standard InChI is InChI=1S/C22H19F2N5O2/c1-4-28-18-17(19(25)30)26-20(15-8-6-13(23)10-16(15)24)27-21(18)29(22(28)31)14-7-5-11(2)12(3)9-14/h5-10H,4H2,1-3H3,(H2,25,30). The molecular formula is C22H19F2N5O2. The molecule has 2 aromatic carbocycles. The van der Waals surface area contributed by atoms with E-state index in [1.165, 1.54) is 15.2 Å². The lowest BCUT2D eigenvalue weighted by Gasteiger charge is -2.09. The van der Waals surface area contributed by atoms with Crippen LogP contribution in [0.4, 0.5) is 8.78 Å². The summed E-state index contributed by atoms with van der Waals surface area (Å²) in [6.07, 6.45) is 0. The number of fused-ring (bicyclic) bond motifs is 1. The number of rotatable bonds is 4. The number of imidazole rings is 1. The summed E-state index contributed by atoms with van der Waals surface area (Å²) in [6.45, 7) is 5.83. The van der Waals surface area contributed by atoms with Gasteiger partial charge in [0.1, 0.15) is 17.2 Å². The van der Waals surface area contributed by atoms with E-state index in [-0.39, 0.29) is 34.8 Å². The van der Waals surface area contributed by atoms with Crippen molar-refractivity contribution in [2.24, 2.45) is 5.73 Å². The molecule has 0 spiro atoms. The Morgan fingerprint density at radius 3 is 2.42 bits per heavy atom. The van der Waals surface area contributed by atoms with Crippen molar-refractivity contribution in [2.45, 2.75) is 27.3 Å². The molecule has 0 saturated heterocycles. The molecule has 0 radical (unpaired) electrons. The number of nitrogens with two attached hydrogens (primary N) is 1. The van der Waals surface area contributed by atoms with Crippen LogP contribution < -0.4 is 11.4 Å². The third-order valence-corrected chi connectivity index (χ3v) is 5.24. The Labute approximate surface area is 175 Å². The molecule has 2 heterocycles. The predicted octanol–water partition coefficient (Wildman–Crippen LogP) is 3.26. The third kappa shape index (κ3) is 3.27. The fourth-order valence-corrected chi connectivity index (χ4v) is 3.51. The van der Waals surface area contributed by atoms with Gasteiger partial charge in [0.15, 0.2) is 17.2 Å². The molecule has 0 saturated carbocycles. The molecular weight excluding hydrogens is 404 g/mol. The summed E-state index contributed by atoms with van der Waals surface area (Å²) in [5.74, 6) is -2.73. The highest BCUT2D eigenvalue weighted by molar-refractivity contribution is 6.02. The monoisotopic (exact) mass is 423 g/mol. The molecule has 1 amide bonds. The van der Waals surface area contributed by atoms with E-state index < -0.39 is 23.2 Å². The Kier molecular flexibility index (Phi) is 4.88. The summed E-state index contributed by atoms with van der Waals surface area (Å²) in [5, 5.41) is 0. The van der Waals surface area contributed by atoms with Gasteiger partial charge >= 0.3 is 5.69 Å². The maximum Gasteiger partial charge on any atom is 0.335 e. The highest BCUT2D eigenvalue weighted by atomic mass is 19.1. The number of aryl methyl sites for hydroxylation is 3. The first-order valence-corrected chi connectivity index (χ1v) is 9.59. The number of benzene rings is 2. The van der Waals surface area contributed by atoms with Crippen LogP contribution in [0.2, 0.25) is 0 Å². The van der Waals surface area contributed by atoms with Gasteiger partial charge in [-0.25, -0.2) is 28.1 Å². The van der Waals surface area contributed by atoms with Crippen LogP contribution in [0.15, 0.2) is 41.2 Å². The quantitative estimate of drug-likeness (QED) is 0.545. The Hall–Kier alpha value is -3.88. The van der Waals surface area contributed by atoms with Gasteiger partial charge in [0.2, 0.25) is 0 Å². The number of hydrogen-bond donors (Lipinski definition) is 1. The van der Waals surface area contributed by atoms with E-state index in [4.69, 9.17) is 5.73 Å². The molecule has 31 heavy (non-hydrogen) atoms. The second-order valence-electron chi connectivity index (χ2n) is 7.19. The number of carbonyl (C=O) groups excluding carboxylic acids is 1. The van der Waals surface area contributed by atoms with Crippen molar-refractivity contribution in [2.75, 3.05) is 0 Å². The fourth-order valence-electron chi connectivity index (χ4n) is 3.51. The Bertz CT molecular complexity index is 1420. The van der Waals surface area contributed by atoms with Crippen LogP contribution >= 0.6 is 0 Å². The van der Waals surface area contributed by atoms with E-state index in [0.29, 0.717) is 11.8 Å². The van der Waals surface area contributed by atoms with Crippen LogP contribution in [0.5, 0.6) is 0 Å². The van der Waals surface area contributed by atoms with Crippen LogP contribution in [0.3, 0.4) is 0 Å². The largest absolute Gasteiger partial charge is 0.364 e. The topological polar surface area (TPSA) is 95.8 Å². The second-order valence-corrected chi connectivity index (χ2v) is 7.19. The van der Waals surface area contributed by atoms with E-state index in [2.05, 4.69) is 9.97 Å². The van der Waals surface area contributed by atoms with Gasteiger partial charge in [-0.05, 0) is 56.2 Å². The lowest BCUT2D eigenvalue weighted by Crippen LogP contribution is -2.23. The van der Waals surface area contributed by atoms with Crippen molar-refractivity contribution in [3.63, 3.8) is 0 Å². The smallest absolute Gasteiger partial charge is 0.335 e. The first-order chi connectivity index (χ1) is 14.7. The highest BCUT2D eigenvalue weighted by Gasteiger charge is 2.24. The van der Waals surface area contributed by atoms with Crippen LogP contribution in [0.1, 0.15) is 28.5 Å². The molecule has 0 aliphatic rings. The number of hydrogen-bond acceptors (Lipinski definition) is 4. The zero-order valence-corrected chi connectivity index (χ0v) is 17.1. The summed E-state index contributed by atoms with van der Waals surface area (Å²) < 4.78 is 30.5. The van der Waals surface area contributed by atoms with Crippen molar-refractivity contribution >= 4 is 17.1 Å². The average Bonchev–Trinajstić information content (AvgIpc) is 3.00. The third-order valence-electron chi connectivity index (χ3n) is 5.24. The van der Waals surface area contributed by atoms with Crippen molar-refractivity contribution < 1.29 is 13.6 Å². The van der Waals surface area contributed by atoms with Gasteiger partial charge in [-0.2, -0.15) is 0 Å². The maximum atomic E-state index is 14.4. The highest BCUT2D eigenvalue weighted by Crippen LogP contribution is 2.26. The summed E-state index contributed by atoms with van der Waals surface area (Å²) in [4.78, 5) is 34.0. The van der Waals surface area contributed by atoms with Crippen LogP contribution in [-0.2, 0) is 6.54 Å². The Morgan fingerprint density at radius 1 is 1.06 bits per heavy atom. The van der Waals surface area contributed by atoms with Gasteiger partial charge in [-0.15, -0.1) is 0 Å². The molecule has 0 atom stereocenters. The molecule has 158 valence electrons. The van der Waals surface area contributed by atoms with Gasteiger partial charge in [0.05, 0.1) is 11.3 Å². The molecule has 0 fully saturated rings. The molecule has 9 heteroatoms. The molecule has 7 nitrogen and oxygen atoms in total. The number of nitrogens with zero attached hydrogens (tertiary/aromatic N) is 4. The summed E-state index contributed by atoms with van der Waals surface area (Å²) >= 11 is 0. The minimum absolute atomic E-state index is 0.109. The molecule has 0 bridgehead atoms. The van der Waals surface area contributed by atoms with Crippen molar-refractivity contribution in [3.8, 4) is 17.1 Å². The van der Waals surface area contributed by atoms with Crippen molar-refractivity contribution in [3.05, 3.63) is 75.3 Å². The van der Waals surface area contributed by atoms with E-state index in [1.807, 2.05) is 26.0 Å². The maximum absolute atomic E-state index is 14.4. The minimum Gasteiger partial charge on any atom is -0.364 e. The molecule has 2 N–H and O–H groups in total. The van der Waals surface area contributed by atoms with Crippen molar-refractivity contribution in [1.82, 2.24) is 19.1 Å². The van der Waals surface area contributed by atoms with Crippen LogP contribution in [0, 0.1) is 25.5 Å². The van der Waals surface area contributed by atoms with Crippen LogP contribution in [-0.4, -0.2) is 25.0 Å². The fraction of sp³-hybridized carbons (Fsp3) is 0.182. The molecule has 2 aromatic heterocycles. The zero-order valence-electron chi connectivity index (χ0n) is 17.1. The van der Waals surface area contributed by atoms with Gasteiger partial charge in [0, 0.05) is 12.6 Å². The number of amides is 1. The number of primary amides is 1. The van der Waals surface area contributed by atoms with E-state index in [9.17, 15) is 18.4 Å². The molecule has 0 aliphatic heterocycles. The predicted molar refractivity (Wildman–Crippen MR) is 112 cm³/mol. The van der Waals surface area contributed by atoms with E-state index >= 15 is 0 Å². The van der Waals surface area contributed by atoms with Crippen molar-refractivity contribution in [1.29, 1.82) is 0 Å². The molecule has 4 rings (SSSR count). The number of carbonyl (C=O) groups is 1. The van der Waals surface area contributed by atoms with E-state index in [1.54, 1.807) is 13.0 Å². The van der Waals surface area contributed by atoms with Gasteiger partial charge in [0.25, 0.3) is 5.91 Å². The second kappa shape index (κ2) is 7.42. The lowest BCUT2D eigenvalue weighted by atomic mass is 10.1. The van der Waals surface area contributed by atoms with E-state index in [0.717, 1.165) is 17.2 Å². The lowest BCUT2D eigenvalue weighted by molar-refractivity contribution is 0.0997. The average molecular weight is 423 g/mol. The Balaban J connectivity index is 2.15. The first kappa shape index (κ1) is 20.4.